The summed E-state index contributed by atoms with van der Waals surface area (Å²) in [5, 5.41) is 9.82. The molecule has 0 N–H and O–H groups in total. The molecule has 0 heterocycles. The number of aldehydes is 1. The lowest BCUT2D eigenvalue weighted by Crippen LogP contribution is -2.63. The second kappa shape index (κ2) is 33.3. The van der Waals surface area contributed by atoms with Crippen LogP contribution in [0.3, 0.4) is 0 Å². The van der Waals surface area contributed by atoms with Gasteiger partial charge in [0.1, 0.15) is 29.3 Å². The van der Waals surface area contributed by atoms with Gasteiger partial charge >= 0.3 is 33.3 Å². The van der Waals surface area contributed by atoms with E-state index in [1.54, 1.807) is 0 Å². The average molecular weight is 1330 g/mol. The third-order valence-corrected chi connectivity index (χ3v) is 35.2. The lowest BCUT2D eigenvalue weighted by Gasteiger charge is -2.35. The highest BCUT2D eigenvalue weighted by atomic mass is 28.4. The van der Waals surface area contributed by atoms with Gasteiger partial charge in [-0.2, -0.15) is 0 Å². The normalized spacial score (nSPS) is 12.0. The first-order valence-corrected chi connectivity index (χ1v) is 43.2. The number of hydrogen-bond donors (Lipinski definition) is 0. The van der Waals surface area contributed by atoms with Crippen molar-refractivity contribution in [2.45, 2.75) is 103 Å². The zero-order valence-electron chi connectivity index (χ0n) is 56.2. The second-order valence-corrected chi connectivity index (χ2v) is 39.3. The largest absolute Gasteiger partial charge is 0.534 e. The van der Waals surface area contributed by atoms with Crippen molar-refractivity contribution >= 4 is 105 Å². The van der Waals surface area contributed by atoms with E-state index in [2.05, 4.69) is 337 Å². The highest BCUT2D eigenvalue weighted by Crippen LogP contribution is 2.34. The van der Waals surface area contributed by atoms with Crippen molar-refractivity contribution in [1.29, 1.82) is 0 Å². The lowest BCUT2D eigenvalue weighted by atomic mass is 10.0. The number of hydrogen-bond acceptors (Lipinski definition) is 5. The number of rotatable bonds is 33. The molecule has 0 aliphatic rings. The van der Waals surface area contributed by atoms with E-state index in [1.807, 2.05) is 12.1 Å². The van der Waals surface area contributed by atoms with Crippen LogP contribution in [0.25, 0.3) is 24.3 Å². The molecule has 0 atom stereocenters. The fraction of sp³-hybridized carbons (Fsp3) is 0.184. The zero-order chi connectivity index (χ0) is 66.3. The Morgan fingerprint density at radius 1 is 0.240 bits per heavy atom. The van der Waals surface area contributed by atoms with E-state index in [-0.39, 0.29) is 0 Å². The van der Waals surface area contributed by atoms with Crippen molar-refractivity contribution in [3.8, 4) is 23.0 Å². The summed E-state index contributed by atoms with van der Waals surface area (Å²) in [6.07, 6.45) is 17.7. The smallest absolute Gasteiger partial charge is 0.314 e. The van der Waals surface area contributed by atoms with Gasteiger partial charge < -0.3 is 17.7 Å². The molecule has 5 nitrogen and oxygen atoms in total. The summed E-state index contributed by atoms with van der Waals surface area (Å²) in [5.41, 5.74) is 4.18. The maximum absolute atomic E-state index is 13.1. The summed E-state index contributed by atoms with van der Waals surface area (Å²) in [6.45, 7) is 9.05. The minimum absolute atomic E-state index is 0.573. The van der Waals surface area contributed by atoms with Crippen LogP contribution in [0.15, 0.2) is 297 Å². The van der Waals surface area contributed by atoms with Crippen LogP contribution in [0.2, 0.25) is 24.2 Å². The van der Waals surface area contributed by atoms with E-state index < -0.39 is 33.3 Å². The molecule has 9 heteroatoms. The van der Waals surface area contributed by atoms with Crippen LogP contribution in [0, 0.1) is 0 Å². The fourth-order valence-corrected chi connectivity index (χ4v) is 30.0. The Labute approximate surface area is 575 Å². The van der Waals surface area contributed by atoms with Crippen LogP contribution in [0.4, 0.5) is 0 Å². The van der Waals surface area contributed by atoms with Gasteiger partial charge in [0, 0.05) is 17.7 Å². The van der Waals surface area contributed by atoms with E-state index in [4.69, 9.17) is 17.7 Å². The molecule has 0 spiro atoms. The van der Waals surface area contributed by atoms with Gasteiger partial charge in [0.25, 0.3) is 0 Å². The monoisotopic (exact) mass is 1330 g/mol. The maximum atomic E-state index is 13.1. The predicted molar refractivity (Wildman–Crippen MR) is 416 cm³/mol. The van der Waals surface area contributed by atoms with Gasteiger partial charge in [0.05, 0.1) is 0 Å². The first-order valence-electron chi connectivity index (χ1n) is 34.7. The van der Waals surface area contributed by atoms with Crippen molar-refractivity contribution in [2.24, 2.45) is 0 Å². The molecule has 0 saturated heterocycles. The van der Waals surface area contributed by atoms with Crippen molar-refractivity contribution in [3.63, 3.8) is 0 Å². The van der Waals surface area contributed by atoms with Gasteiger partial charge in [-0.05, 0) is 130 Å². The quantitative estimate of drug-likeness (QED) is 0.0233. The van der Waals surface area contributed by atoms with Crippen molar-refractivity contribution < 1.29 is 22.5 Å². The van der Waals surface area contributed by atoms with E-state index in [1.165, 1.54) is 41.5 Å². The predicted octanol–water partition coefficient (Wildman–Crippen LogP) is 17.6. The Balaban J connectivity index is 1.03. The zero-order valence-corrected chi connectivity index (χ0v) is 60.2. The minimum atomic E-state index is -2.94. The third kappa shape index (κ3) is 16.3. The molecule has 11 aromatic rings. The summed E-state index contributed by atoms with van der Waals surface area (Å²) in [7, 11) is -11.8. The molecule has 0 bridgehead atoms. The molecule has 0 radical (unpaired) electrons. The molecule has 11 aromatic carbocycles. The fourth-order valence-electron chi connectivity index (χ4n) is 13.6. The molecule has 0 aliphatic carbocycles. The summed E-state index contributed by atoms with van der Waals surface area (Å²) >= 11 is 0. The highest BCUT2D eigenvalue weighted by Gasteiger charge is 2.45. The van der Waals surface area contributed by atoms with Crippen molar-refractivity contribution in [2.75, 3.05) is 0 Å². The standard InChI is InChI=1S/C87H90O5Si4/c1-5-9-57-93(80-37-21-13-22-38-80,81-39-23-14-24-40-81)89-76-64-73(65-77(68-76)90-94(58-10-6-2,82-41-25-15-26-42-82)83-43-27-16-28-44-83)55-53-71-61-72(63-75(62-71)70-88)54-56-74-66-78(91-95(59-11-7-3,84-45-29-17-30-46-84)85-47-31-18-32-48-85)69-79(67-74)92-96(60-12-8-4,86-49-33-19-34-50-86)87-51-35-20-36-52-87/h13-56,61-70H,5-12,57-60H2,1-4H3. The number of benzene rings is 11. The Hall–Kier alpha value is -9.36. The first kappa shape index (κ1) is 68.0. The lowest BCUT2D eigenvalue weighted by molar-refractivity contribution is 0.112. The van der Waals surface area contributed by atoms with E-state index in [9.17, 15) is 4.79 Å². The number of unbranched alkanes of at least 4 members (excludes halogenated alkanes) is 4. The van der Waals surface area contributed by atoms with Crippen molar-refractivity contribution in [3.05, 3.63) is 325 Å². The van der Waals surface area contributed by atoms with Gasteiger partial charge in [-0.3, -0.25) is 4.79 Å². The SMILES string of the molecule is CCCC[Si](Oc1cc(C=Cc2cc(C=O)cc(C=Cc3cc(O[Si](CCCC)(c4ccccc4)c4ccccc4)cc(O[Si](CCCC)(c4ccccc4)c4ccccc4)c3)c2)cc(O[Si](CCCC)(c2ccccc2)c2ccccc2)c1)(c1ccccc1)c1ccccc1. The van der Waals surface area contributed by atoms with Gasteiger partial charge in [-0.15, -0.1) is 0 Å². The third-order valence-electron chi connectivity index (χ3n) is 18.5. The summed E-state index contributed by atoms with van der Waals surface area (Å²) < 4.78 is 31.2. The molecule has 0 amide bonds. The number of carbonyl (C=O) groups is 1. The number of carbonyl (C=O) groups excluding carboxylic acids is 1. The maximum Gasteiger partial charge on any atom is 0.314 e. The minimum Gasteiger partial charge on any atom is -0.534 e. The summed E-state index contributed by atoms with van der Waals surface area (Å²) in [6, 6.07) is 110. The van der Waals surface area contributed by atoms with Crippen LogP contribution in [-0.4, -0.2) is 39.6 Å². The topological polar surface area (TPSA) is 54.0 Å². The molecule has 0 aromatic heterocycles. The van der Waals surface area contributed by atoms with Gasteiger partial charge in [-0.1, -0.05) is 346 Å². The van der Waals surface area contributed by atoms with Gasteiger partial charge in [-0.25, -0.2) is 0 Å². The first-order chi connectivity index (χ1) is 47.2. The average Bonchev–Trinajstić information content (AvgIpc) is 0.790. The summed E-state index contributed by atoms with van der Waals surface area (Å²) in [5.74, 6) is 3.05. The molecule has 0 fully saturated rings. The highest BCUT2D eigenvalue weighted by molar-refractivity contribution is 6.99. The van der Waals surface area contributed by atoms with Crippen LogP contribution in [0.5, 0.6) is 23.0 Å². The van der Waals surface area contributed by atoms with Crippen LogP contribution in [-0.2, 0) is 0 Å². The van der Waals surface area contributed by atoms with E-state index in [0.717, 1.165) is 127 Å². The van der Waals surface area contributed by atoms with Crippen LogP contribution >= 0.6 is 0 Å². The Bertz CT molecular complexity index is 3590. The van der Waals surface area contributed by atoms with E-state index >= 15 is 0 Å². The molecule has 0 aliphatic heterocycles. The molecule has 96 heavy (non-hydrogen) atoms. The molecular formula is C87H90O5Si4. The second-order valence-electron chi connectivity index (χ2n) is 25.3. The van der Waals surface area contributed by atoms with Gasteiger partial charge in [0.15, 0.2) is 0 Å². The molecule has 484 valence electrons. The Kier molecular flexibility index (Phi) is 23.6. The Morgan fingerprint density at radius 2 is 0.417 bits per heavy atom. The Morgan fingerprint density at radius 3 is 0.594 bits per heavy atom. The molecule has 0 unspecified atom stereocenters. The molecular weight excluding hydrogens is 1240 g/mol. The van der Waals surface area contributed by atoms with E-state index in [0.29, 0.717) is 5.56 Å². The van der Waals surface area contributed by atoms with Crippen LogP contribution in [0.1, 0.15) is 112 Å². The summed E-state index contributed by atoms with van der Waals surface area (Å²) in [4.78, 5) is 13.1. The van der Waals surface area contributed by atoms with Crippen LogP contribution < -0.4 is 59.2 Å². The molecule has 0 saturated carbocycles. The van der Waals surface area contributed by atoms with Gasteiger partial charge in [0.2, 0.25) is 0 Å². The van der Waals surface area contributed by atoms with Crippen molar-refractivity contribution in [1.82, 2.24) is 0 Å². The molecule has 11 rings (SSSR count).